The Morgan fingerprint density at radius 2 is 1.74 bits per heavy atom. The molecule has 3 rings (SSSR count). The van der Waals surface area contributed by atoms with Crippen molar-refractivity contribution in [2.75, 3.05) is 0 Å². The van der Waals surface area contributed by atoms with Crippen LogP contribution >= 0.6 is 0 Å². The first kappa shape index (κ1) is 18.2. The van der Waals surface area contributed by atoms with Crippen molar-refractivity contribution in [3.05, 3.63) is 78.0 Å². The molecule has 0 spiro atoms. The Labute approximate surface area is 158 Å². The molecule has 0 aliphatic carbocycles. The minimum Gasteiger partial charge on any atom is -0.459 e. The van der Waals surface area contributed by atoms with Gasteiger partial charge in [0.1, 0.15) is 11.6 Å². The molecule has 0 atom stereocenters. The largest absolute Gasteiger partial charge is 0.459 e. The third-order valence-electron chi connectivity index (χ3n) is 3.79. The smallest absolute Gasteiger partial charge is 0.349 e. The molecule has 5 heteroatoms. The van der Waals surface area contributed by atoms with E-state index < -0.39 is 5.97 Å². The molecule has 1 heterocycles. The number of hydrogen-bond donors (Lipinski definition) is 0. The predicted octanol–water partition coefficient (Wildman–Crippen LogP) is 4.40. The van der Waals surface area contributed by atoms with Crippen molar-refractivity contribution in [2.45, 2.75) is 20.0 Å². The van der Waals surface area contributed by atoms with Crippen molar-refractivity contribution in [3.63, 3.8) is 0 Å². The maximum absolute atomic E-state index is 12.2. The Kier molecular flexibility index (Phi) is 5.48. The Morgan fingerprint density at radius 3 is 2.33 bits per heavy atom. The minimum atomic E-state index is -0.640. The third kappa shape index (κ3) is 4.31. The van der Waals surface area contributed by atoms with E-state index in [0.29, 0.717) is 11.3 Å². The molecule has 0 fully saturated rings. The number of ether oxygens (including phenoxy) is 1. The fourth-order valence-corrected chi connectivity index (χ4v) is 2.60. The molecule has 0 amide bonds. The van der Waals surface area contributed by atoms with Gasteiger partial charge in [-0.05, 0) is 32.1 Å². The number of hydrogen-bond acceptors (Lipinski definition) is 4. The van der Waals surface area contributed by atoms with Gasteiger partial charge in [0.05, 0.1) is 17.5 Å². The van der Waals surface area contributed by atoms with E-state index in [2.05, 4.69) is 5.10 Å². The second-order valence-electron chi connectivity index (χ2n) is 6.20. The van der Waals surface area contributed by atoms with Gasteiger partial charge in [0, 0.05) is 17.3 Å². The molecular weight excluding hydrogens is 338 g/mol. The summed E-state index contributed by atoms with van der Waals surface area (Å²) < 4.78 is 6.89. The molecule has 0 aliphatic rings. The highest BCUT2D eigenvalue weighted by atomic mass is 16.5. The van der Waals surface area contributed by atoms with Crippen molar-refractivity contribution >= 4 is 12.0 Å². The van der Waals surface area contributed by atoms with E-state index in [9.17, 15) is 10.1 Å². The number of aromatic nitrogens is 2. The zero-order valence-corrected chi connectivity index (χ0v) is 15.2. The summed E-state index contributed by atoms with van der Waals surface area (Å²) in [4.78, 5) is 12.2. The second-order valence-corrected chi connectivity index (χ2v) is 6.20. The second kappa shape index (κ2) is 8.15. The number of nitrogens with zero attached hydrogens (tertiary/aromatic N) is 3. The zero-order chi connectivity index (χ0) is 19.2. The summed E-state index contributed by atoms with van der Waals surface area (Å²) in [6, 6.07) is 21.2. The van der Waals surface area contributed by atoms with Gasteiger partial charge < -0.3 is 4.74 Å². The maximum Gasteiger partial charge on any atom is 0.349 e. The molecule has 0 radical (unpaired) electrons. The van der Waals surface area contributed by atoms with Gasteiger partial charge in [-0.3, -0.25) is 0 Å². The molecule has 0 saturated carbocycles. The quantitative estimate of drug-likeness (QED) is 0.386. The van der Waals surface area contributed by atoms with Crippen molar-refractivity contribution in [1.29, 1.82) is 5.26 Å². The monoisotopic (exact) mass is 357 g/mol. The number of carbonyl (C=O) groups excluding carboxylic acids is 1. The van der Waals surface area contributed by atoms with Gasteiger partial charge in [-0.1, -0.05) is 48.5 Å². The van der Waals surface area contributed by atoms with Gasteiger partial charge in [-0.15, -0.1) is 0 Å². The van der Waals surface area contributed by atoms with Crippen LogP contribution in [0.15, 0.2) is 72.4 Å². The molecule has 27 heavy (non-hydrogen) atoms. The number of para-hydroxylation sites is 1. The van der Waals surface area contributed by atoms with Crippen molar-refractivity contribution in [1.82, 2.24) is 9.78 Å². The van der Waals surface area contributed by atoms with Gasteiger partial charge in [-0.25, -0.2) is 9.48 Å². The van der Waals surface area contributed by atoms with E-state index in [1.807, 2.05) is 66.7 Å². The van der Waals surface area contributed by atoms with Gasteiger partial charge in [0.15, 0.2) is 0 Å². The zero-order valence-electron chi connectivity index (χ0n) is 15.2. The lowest BCUT2D eigenvalue weighted by Gasteiger charge is -2.06. The van der Waals surface area contributed by atoms with Gasteiger partial charge in [0.25, 0.3) is 0 Å². The van der Waals surface area contributed by atoms with Crippen molar-refractivity contribution in [3.8, 4) is 23.0 Å². The van der Waals surface area contributed by atoms with Crippen LogP contribution in [0.1, 0.15) is 19.4 Å². The summed E-state index contributed by atoms with van der Waals surface area (Å²) in [5.41, 5.74) is 3.07. The van der Waals surface area contributed by atoms with E-state index in [4.69, 9.17) is 4.74 Å². The fourth-order valence-electron chi connectivity index (χ4n) is 2.60. The Bertz CT molecular complexity index is 997. The van der Waals surface area contributed by atoms with Crippen LogP contribution in [0, 0.1) is 11.3 Å². The highest BCUT2D eigenvalue weighted by Gasteiger charge is 2.16. The summed E-state index contributed by atoms with van der Waals surface area (Å²) in [5, 5.41) is 14.1. The molecule has 0 bridgehead atoms. The molecule has 2 aromatic carbocycles. The lowest BCUT2D eigenvalue weighted by molar-refractivity contribution is -0.142. The standard InChI is InChI=1S/C22H19N3O2/c1-16(2)27-22(26)18(14-23)13-19-15-25(20-11-7-4-8-12-20)24-21(19)17-9-5-3-6-10-17/h3-13,15-16H,1-2H3. The average Bonchev–Trinajstić information content (AvgIpc) is 3.11. The molecule has 1 aromatic heterocycles. The molecule has 0 unspecified atom stereocenters. The molecule has 0 N–H and O–H groups in total. The highest BCUT2D eigenvalue weighted by molar-refractivity contribution is 5.98. The molecule has 134 valence electrons. The Balaban J connectivity index is 2.10. The van der Waals surface area contributed by atoms with Crippen LogP contribution in [0.4, 0.5) is 0 Å². The fraction of sp³-hybridized carbons (Fsp3) is 0.136. The first-order chi connectivity index (χ1) is 13.1. The van der Waals surface area contributed by atoms with Crippen LogP contribution in [0.2, 0.25) is 0 Å². The number of rotatable bonds is 5. The molecule has 0 saturated heterocycles. The Morgan fingerprint density at radius 1 is 1.11 bits per heavy atom. The minimum absolute atomic E-state index is 0.0616. The van der Waals surface area contributed by atoms with E-state index in [1.165, 1.54) is 6.08 Å². The molecule has 0 aliphatic heterocycles. The van der Waals surface area contributed by atoms with Crippen LogP contribution < -0.4 is 0 Å². The van der Waals surface area contributed by atoms with Crippen LogP contribution in [0.3, 0.4) is 0 Å². The van der Waals surface area contributed by atoms with Gasteiger partial charge in [-0.2, -0.15) is 10.4 Å². The van der Waals surface area contributed by atoms with E-state index in [0.717, 1.165) is 11.3 Å². The lowest BCUT2D eigenvalue weighted by Crippen LogP contribution is -2.12. The first-order valence-electron chi connectivity index (χ1n) is 8.62. The van der Waals surface area contributed by atoms with Crippen LogP contribution in [0.25, 0.3) is 23.0 Å². The molecule has 3 aromatic rings. The highest BCUT2D eigenvalue weighted by Crippen LogP contribution is 2.25. The maximum atomic E-state index is 12.2. The summed E-state index contributed by atoms with van der Waals surface area (Å²) in [5.74, 6) is -0.640. The van der Waals surface area contributed by atoms with E-state index in [-0.39, 0.29) is 11.7 Å². The van der Waals surface area contributed by atoms with Gasteiger partial charge in [0.2, 0.25) is 0 Å². The van der Waals surface area contributed by atoms with Crippen LogP contribution in [0.5, 0.6) is 0 Å². The topological polar surface area (TPSA) is 67.9 Å². The summed E-state index contributed by atoms with van der Waals surface area (Å²) in [6.07, 6.45) is 3.03. The number of benzene rings is 2. The normalized spacial score (nSPS) is 11.3. The van der Waals surface area contributed by atoms with E-state index >= 15 is 0 Å². The lowest BCUT2D eigenvalue weighted by atomic mass is 10.1. The first-order valence-corrected chi connectivity index (χ1v) is 8.62. The summed E-state index contributed by atoms with van der Waals surface area (Å²) in [7, 11) is 0. The number of carbonyl (C=O) groups is 1. The number of nitriles is 1. The third-order valence-corrected chi connectivity index (χ3v) is 3.79. The SMILES string of the molecule is CC(C)OC(=O)C(C#N)=Cc1cn(-c2ccccc2)nc1-c1ccccc1. The molecule has 5 nitrogen and oxygen atoms in total. The van der Waals surface area contributed by atoms with E-state index in [1.54, 1.807) is 24.7 Å². The Hall–Kier alpha value is -3.65. The van der Waals surface area contributed by atoms with Gasteiger partial charge >= 0.3 is 5.97 Å². The summed E-state index contributed by atoms with van der Waals surface area (Å²) >= 11 is 0. The van der Waals surface area contributed by atoms with Crippen LogP contribution in [-0.2, 0) is 9.53 Å². The summed E-state index contributed by atoms with van der Waals surface area (Å²) in [6.45, 7) is 3.49. The van der Waals surface area contributed by atoms with Crippen molar-refractivity contribution < 1.29 is 9.53 Å². The number of esters is 1. The molecular formula is C22H19N3O2. The average molecular weight is 357 g/mol. The van der Waals surface area contributed by atoms with Crippen molar-refractivity contribution in [2.24, 2.45) is 0 Å². The van der Waals surface area contributed by atoms with Crippen LogP contribution in [-0.4, -0.2) is 21.9 Å². The predicted molar refractivity (Wildman–Crippen MR) is 104 cm³/mol.